The van der Waals surface area contributed by atoms with Crippen molar-refractivity contribution in [2.45, 2.75) is 57.4 Å². The van der Waals surface area contributed by atoms with Gasteiger partial charge in [-0.3, -0.25) is 0 Å². The van der Waals surface area contributed by atoms with E-state index in [0.717, 1.165) is 30.4 Å². The summed E-state index contributed by atoms with van der Waals surface area (Å²) in [5.41, 5.74) is 0.280. The quantitative estimate of drug-likeness (QED) is 0.377. The van der Waals surface area contributed by atoms with Crippen molar-refractivity contribution in [3.63, 3.8) is 0 Å². The highest BCUT2D eigenvalue weighted by atomic mass is 28.4. The molecule has 0 radical (unpaired) electrons. The number of rotatable bonds is 8. The number of hydrogen-bond donors (Lipinski definition) is 0. The van der Waals surface area contributed by atoms with E-state index in [1.54, 1.807) is 0 Å². The first kappa shape index (κ1) is 12.7. The first-order chi connectivity index (χ1) is 7.85. The fourth-order valence-corrected chi connectivity index (χ4v) is 4.92. The van der Waals surface area contributed by atoms with Gasteiger partial charge in [0.2, 0.25) is 0 Å². The summed E-state index contributed by atoms with van der Waals surface area (Å²) >= 11 is 0. The Labute approximate surface area is 105 Å². The van der Waals surface area contributed by atoms with E-state index in [1.807, 2.05) is 13.8 Å². The Bertz CT molecular complexity index is 329. The minimum Gasteiger partial charge on any atom is -0.517 e. The molecule has 96 valence electrons. The number of ether oxygens (including phenoxy) is 1. The van der Waals surface area contributed by atoms with Crippen LogP contribution in [0.25, 0.3) is 0 Å². The van der Waals surface area contributed by atoms with E-state index in [0.29, 0.717) is 6.10 Å². The highest BCUT2D eigenvalue weighted by molar-refractivity contribution is 6.66. The van der Waals surface area contributed by atoms with Crippen molar-refractivity contribution < 1.29 is 13.6 Å². The molecule has 1 saturated carbocycles. The Morgan fingerprint density at radius 2 is 1.82 bits per heavy atom. The van der Waals surface area contributed by atoms with Gasteiger partial charge in [0.1, 0.15) is 0 Å². The van der Waals surface area contributed by atoms with E-state index in [4.69, 9.17) is 13.6 Å². The molecule has 2 unspecified atom stereocenters. The molecule has 2 aliphatic rings. The fourth-order valence-electron chi connectivity index (χ4n) is 2.39. The van der Waals surface area contributed by atoms with Crippen LogP contribution in [0.1, 0.15) is 33.1 Å². The van der Waals surface area contributed by atoms with Gasteiger partial charge in [-0.25, -0.2) is 0 Å². The molecule has 4 heteroatoms. The highest BCUT2D eigenvalue weighted by Crippen LogP contribution is 2.62. The van der Waals surface area contributed by atoms with E-state index >= 15 is 0 Å². The average molecular weight is 254 g/mol. The predicted molar refractivity (Wildman–Crippen MR) is 69.7 cm³/mol. The normalized spacial score (nSPS) is 29.2. The summed E-state index contributed by atoms with van der Waals surface area (Å²) in [6, 6.07) is 0.963. The third kappa shape index (κ3) is 3.13. The zero-order chi connectivity index (χ0) is 12.7. The molecule has 0 aromatic heterocycles. The van der Waals surface area contributed by atoms with Crippen molar-refractivity contribution in [3.05, 3.63) is 24.7 Å². The van der Waals surface area contributed by atoms with Gasteiger partial charge in [-0.1, -0.05) is 13.2 Å². The lowest BCUT2D eigenvalue weighted by Gasteiger charge is -2.28. The molecule has 2 atom stereocenters. The molecule has 1 heterocycles. The molecule has 0 spiro atoms. The minimum absolute atomic E-state index is 0.280. The van der Waals surface area contributed by atoms with Gasteiger partial charge in [-0.2, -0.15) is 0 Å². The summed E-state index contributed by atoms with van der Waals surface area (Å²) in [5, 5.41) is 0. The third-order valence-corrected chi connectivity index (χ3v) is 6.11. The van der Waals surface area contributed by atoms with Crippen molar-refractivity contribution >= 4 is 8.56 Å². The molecule has 1 saturated heterocycles. The van der Waals surface area contributed by atoms with Gasteiger partial charge in [0.15, 0.2) is 0 Å². The van der Waals surface area contributed by atoms with Crippen molar-refractivity contribution in [1.29, 1.82) is 0 Å². The van der Waals surface area contributed by atoms with E-state index in [1.165, 1.54) is 6.42 Å². The van der Waals surface area contributed by atoms with Crippen LogP contribution in [0.4, 0.5) is 0 Å². The maximum atomic E-state index is 5.82. The van der Waals surface area contributed by atoms with Crippen molar-refractivity contribution in [2.75, 3.05) is 0 Å². The zero-order valence-electron chi connectivity index (χ0n) is 11.0. The molecule has 0 aromatic carbocycles. The second-order valence-electron chi connectivity index (χ2n) is 5.47. The van der Waals surface area contributed by atoms with Crippen LogP contribution in [-0.2, 0) is 13.6 Å². The molecule has 2 rings (SSSR count). The van der Waals surface area contributed by atoms with Gasteiger partial charge in [0.05, 0.1) is 23.2 Å². The van der Waals surface area contributed by atoms with E-state index in [2.05, 4.69) is 19.7 Å². The largest absolute Gasteiger partial charge is 0.517 e. The third-order valence-electron chi connectivity index (χ3n) is 3.29. The molecule has 2 fully saturated rings. The van der Waals surface area contributed by atoms with Crippen LogP contribution in [0.2, 0.25) is 12.6 Å². The molecule has 0 bridgehead atoms. The maximum absolute atomic E-state index is 5.82. The topological polar surface area (TPSA) is 31.0 Å². The Hall–Kier alpha value is -0.743. The summed E-state index contributed by atoms with van der Waals surface area (Å²) in [5.74, 6) is 1.45. The summed E-state index contributed by atoms with van der Waals surface area (Å²) in [6.07, 6.45) is 4.08. The predicted octanol–water partition coefficient (Wildman–Crippen LogP) is 3.48. The summed E-state index contributed by atoms with van der Waals surface area (Å²) in [4.78, 5) is 0. The minimum atomic E-state index is -2.18. The van der Waals surface area contributed by atoms with Crippen LogP contribution >= 0.6 is 0 Å². The van der Waals surface area contributed by atoms with E-state index in [-0.39, 0.29) is 5.60 Å². The van der Waals surface area contributed by atoms with Gasteiger partial charge in [-0.05, 0) is 26.7 Å². The van der Waals surface area contributed by atoms with Crippen LogP contribution in [0.5, 0.6) is 0 Å². The monoisotopic (exact) mass is 254 g/mol. The number of epoxide rings is 1. The highest BCUT2D eigenvalue weighted by Gasteiger charge is 2.72. The fraction of sp³-hybridized carbons (Fsp3) is 0.692. The lowest BCUT2D eigenvalue weighted by Crippen LogP contribution is -2.37. The molecule has 0 aromatic rings. The second kappa shape index (κ2) is 4.17. The SMILES string of the molecule is C=C(C)O[Si](C)(CCCC12CC1O2)OC(=C)C. The smallest absolute Gasteiger partial charge is 0.456 e. The lowest BCUT2D eigenvalue weighted by molar-refractivity contribution is 0.211. The van der Waals surface area contributed by atoms with Gasteiger partial charge < -0.3 is 13.6 Å². The Morgan fingerprint density at radius 3 is 2.18 bits per heavy atom. The standard InChI is InChI=1S/C13H22O3Si/c1-10(2)15-17(5,16-11(3)4)8-6-7-13-9-12(13)14-13/h12H,1,3,6-9H2,2,4-5H3. The average Bonchev–Trinajstić information content (AvgIpc) is 2.88. The van der Waals surface area contributed by atoms with Crippen LogP contribution in [-0.4, -0.2) is 20.3 Å². The van der Waals surface area contributed by atoms with Crippen LogP contribution in [0.15, 0.2) is 24.7 Å². The first-order valence-electron chi connectivity index (χ1n) is 6.22. The number of hydrogen-bond acceptors (Lipinski definition) is 3. The van der Waals surface area contributed by atoms with Gasteiger partial charge in [0, 0.05) is 19.0 Å². The van der Waals surface area contributed by atoms with E-state index in [9.17, 15) is 0 Å². The van der Waals surface area contributed by atoms with E-state index < -0.39 is 8.56 Å². The van der Waals surface area contributed by atoms with Gasteiger partial charge >= 0.3 is 8.56 Å². The molecular weight excluding hydrogens is 232 g/mol. The summed E-state index contributed by atoms with van der Waals surface area (Å²) in [6.45, 7) is 13.4. The number of allylic oxidation sites excluding steroid dienone is 2. The molecule has 1 aliphatic carbocycles. The molecule has 0 amide bonds. The Balaban J connectivity index is 1.79. The molecular formula is C13H22O3Si. The van der Waals surface area contributed by atoms with Crippen LogP contribution in [0, 0.1) is 0 Å². The van der Waals surface area contributed by atoms with Crippen LogP contribution in [0.3, 0.4) is 0 Å². The Morgan fingerprint density at radius 1 is 1.35 bits per heavy atom. The summed E-state index contributed by atoms with van der Waals surface area (Å²) in [7, 11) is -2.18. The molecule has 3 nitrogen and oxygen atoms in total. The number of fused-ring (bicyclic) bond motifs is 1. The molecule has 1 aliphatic heterocycles. The summed E-state index contributed by atoms with van der Waals surface area (Å²) < 4.78 is 17.1. The molecule has 0 N–H and O–H groups in total. The van der Waals surface area contributed by atoms with Crippen molar-refractivity contribution in [3.8, 4) is 0 Å². The van der Waals surface area contributed by atoms with Gasteiger partial charge in [-0.15, -0.1) is 0 Å². The second-order valence-corrected chi connectivity index (χ2v) is 8.65. The van der Waals surface area contributed by atoms with Gasteiger partial charge in [0.25, 0.3) is 0 Å². The maximum Gasteiger partial charge on any atom is 0.456 e. The van der Waals surface area contributed by atoms with Crippen molar-refractivity contribution in [1.82, 2.24) is 0 Å². The first-order valence-corrected chi connectivity index (χ1v) is 8.74. The molecule has 17 heavy (non-hydrogen) atoms. The Kier molecular flexibility index (Phi) is 3.12. The van der Waals surface area contributed by atoms with Crippen molar-refractivity contribution in [2.24, 2.45) is 0 Å². The van der Waals surface area contributed by atoms with Crippen LogP contribution < -0.4 is 0 Å². The lowest BCUT2D eigenvalue weighted by atomic mass is 10.2. The zero-order valence-corrected chi connectivity index (χ0v) is 12.0.